The lowest BCUT2D eigenvalue weighted by Crippen LogP contribution is -2.52. The molecule has 1 aliphatic heterocycles. The molecule has 1 aromatic rings. The zero-order chi connectivity index (χ0) is 19.4. The number of carbonyl (C=O) groups is 2. The molecule has 0 spiro atoms. The first-order valence-corrected chi connectivity index (χ1v) is 9.80. The lowest BCUT2D eigenvalue weighted by atomic mass is 9.87. The van der Waals surface area contributed by atoms with E-state index in [0.717, 1.165) is 19.3 Å². The molecule has 1 aliphatic carbocycles. The van der Waals surface area contributed by atoms with Crippen LogP contribution in [0.2, 0.25) is 0 Å². The van der Waals surface area contributed by atoms with E-state index >= 15 is 0 Å². The monoisotopic (exact) mass is 371 g/mol. The summed E-state index contributed by atoms with van der Waals surface area (Å²) < 4.78 is 5.26. The topological polar surface area (TPSA) is 70.7 Å². The van der Waals surface area contributed by atoms with Crippen LogP contribution in [-0.4, -0.2) is 43.1 Å². The molecule has 6 nitrogen and oxygen atoms in total. The van der Waals surface area contributed by atoms with E-state index in [2.05, 4.69) is 46.8 Å². The Morgan fingerprint density at radius 1 is 1.30 bits per heavy atom. The molecule has 2 unspecified atom stereocenters. The van der Waals surface area contributed by atoms with Gasteiger partial charge in [0.15, 0.2) is 0 Å². The molecule has 6 heteroatoms. The summed E-state index contributed by atoms with van der Waals surface area (Å²) in [5.41, 5.74) is 3.92. The number of urea groups is 1. The fourth-order valence-electron chi connectivity index (χ4n) is 4.13. The zero-order valence-corrected chi connectivity index (χ0v) is 16.4. The van der Waals surface area contributed by atoms with Gasteiger partial charge in [-0.05, 0) is 50.8 Å². The van der Waals surface area contributed by atoms with Gasteiger partial charge in [0.05, 0.1) is 18.2 Å². The van der Waals surface area contributed by atoms with Crippen LogP contribution >= 0.6 is 0 Å². The van der Waals surface area contributed by atoms with Gasteiger partial charge in [-0.15, -0.1) is 0 Å². The number of ether oxygens (including phenoxy) is 1. The van der Waals surface area contributed by atoms with Gasteiger partial charge in [0.25, 0.3) is 0 Å². The quantitative estimate of drug-likeness (QED) is 0.755. The molecule has 2 N–H and O–H groups in total. The van der Waals surface area contributed by atoms with Crippen molar-refractivity contribution >= 4 is 12.0 Å². The maximum absolute atomic E-state index is 12.6. The molecular formula is C21H29N3O3. The highest BCUT2D eigenvalue weighted by Crippen LogP contribution is 2.34. The Balaban J connectivity index is 1.88. The molecule has 3 rings (SSSR count). The Labute approximate surface area is 161 Å². The van der Waals surface area contributed by atoms with Gasteiger partial charge in [0.2, 0.25) is 0 Å². The van der Waals surface area contributed by atoms with Gasteiger partial charge in [0.1, 0.15) is 0 Å². The number of hydrogen-bond acceptors (Lipinski definition) is 4. The van der Waals surface area contributed by atoms with E-state index in [1.807, 2.05) is 6.92 Å². The van der Waals surface area contributed by atoms with Crippen LogP contribution in [0.1, 0.15) is 50.3 Å². The van der Waals surface area contributed by atoms with E-state index in [-0.39, 0.29) is 24.1 Å². The van der Waals surface area contributed by atoms with Crippen molar-refractivity contribution in [2.75, 3.05) is 20.2 Å². The van der Waals surface area contributed by atoms with E-state index in [1.165, 1.54) is 11.1 Å². The van der Waals surface area contributed by atoms with E-state index in [9.17, 15) is 9.59 Å². The number of carbonyl (C=O) groups excluding carboxylic acids is 2. The summed E-state index contributed by atoms with van der Waals surface area (Å²) in [7, 11) is 2.05. The average Bonchev–Trinajstić information content (AvgIpc) is 2.67. The summed E-state index contributed by atoms with van der Waals surface area (Å²) in [6.07, 6.45) is 3.96. The van der Waals surface area contributed by atoms with Crippen molar-refractivity contribution in [1.29, 1.82) is 0 Å². The summed E-state index contributed by atoms with van der Waals surface area (Å²) in [6, 6.07) is 8.24. The number of nitrogens with one attached hydrogen (secondary N) is 2. The molecular weight excluding hydrogens is 342 g/mol. The summed E-state index contributed by atoms with van der Waals surface area (Å²) in [4.78, 5) is 26.9. The highest BCUT2D eigenvalue weighted by molar-refractivity contribution is 5.94. The third-order valence-electron chi connectivity index (χ3n) is 5.42. The van der Waals surface area contributed by atoms with Gasteiger partial charge in [-0.1, -0.05) is 31.2 Å². The Kier molecular flexibility index (Phi) is 6.16. The minimum absolute atomic E-state index is 0.262. The normalized spacial score (nSPS) is 22.1. The predicted molar refractivity (Wildman–Crippen MR) is 104 cm³/mol. The van der Waals surface area contributed by atoms with Gasteiger partial charge in [-0.25, -0.2) is 9.59 Å². The first-order valence-electron chi connectivity index (χ1n) is 9.80. The standard InChI is InChI=1S/C21H29N3O3/c1-4-16-19(20(25)27-5-2)17(23-21(26)22-16)13-24(3)18-12-8-10-14-9-6-7-11-15(14)18/h6-7,9,11,16,18H,4-5,8,10,12-13H2,1-3H3,(H2,22,23,26). The van der Waals surface area contributed by atoms with Crippen molar-refractivity contribution in [3.05, 3.63) is 46.7 Å². The summed E-state index contributed by atoms with van der Waals surface area (Å²) in [6.45, 7) is 4.55. The number of benzene rings is 1. The molecule has 0 aromatic heterocycles. The second kappa shape index (κ2) is 8.57. The molecule has 0 fully saturated rings. The highest BCUT2D eigenvalue weighted by Gasteiger charge is 2.33. The van der Waals surface area contributed by atoms with Crippen LogP contribution < -0.4 is 10.6 Å². The number of rotatable bonds is 6. The first kappa shape index (κ1) is 19.4. The average molecular weight is 371 g/mol. The molecule has 2 amide bonds. The molecule has 2 aliphatic rings. The van der Waals surface area contributed by atoms with E-state index in [4.69, 9.17) is 4.74 Å². The van der Waals surface area contributed by atoms with Gasteiger partial charge >= 0.3 is 12.0 Å². The predicted octanol–water partition coefficient (Wildman–Crippen LogP) is 2.90. The zero-order valence-electron chi connectivity index (χ0n) is 16.4. The molecule has 0 saturated carbocycles. The minimum atomic E-state index is -0.357. The third kappa shape index (κ3) is 4.16. The molecule has 0 saturated heterocycles. The van der Waals surface area contributed by atoms with Crippen molar-refractivity contribution < 1.29 is 14.3 Å². The van der Waals surface area contributed by atoms with Crippen LogP contribution in [0.5, 0.6) is 0 Å². The van der Waals surface area contributed by atoms with Crippen LogP contribution in [0.3, 0.4) is 0 Å². The lowest BCUT2D eigenvalue weighted by molar-refractivity contribution is -0.139. The molecule has 1 heterocycles. The number of fused-ring (bicyclic) bond motifs is 1. The smallest absolute Gasteiger partial charge is 0.337 e. The van der Waals surface area contributed by atoms with Crippen LogP contribution in [-0.2, 0) is 16.0 Å². The number of amides is 2. The number of nitrogens with zero attached hydrogens (tertiary/aromatic N) is 1. The summed E-state index contributed by atoms with van der Waals surface area (Å²) in [5, 5.41) is 5.68. The molecule has 0 radical (unpaired) electrons. The number of esters is 1. The number of hydrogen-bond donors (Lipinski definition) is 2. The van der Waals surface area contributed by atoms with Crippen molar-refractivity contribution in [2.45, 2.75) is 51.6 Å². The largest absolute Gasteiger partial charge is 0.463 e. The molecule has 146 valence electrons. The van der Waals surface area contributed by atoms with Gasteiger partial charge in [-0.2, -0.15) is 0 Å². The van der Waals surface area contributed by atoms with E-state index in [0.29, 0.717) is 30.8 Å². The Morgan fingerprint density at radius 3 is 2.81 bits per heavy atom. The second-order valence-corrected chi connectivity index (χ2v) is 7.19. The van der Waals surface area contributed by atoms with Gasteiger partial charge < -0.3 is 15.4 Å². The molecule has 0 bridgehead atoms. The van der Waals surface area contributed by atoms with Crippen molar-refractivity contribution in [2.24, 2.45) is 0 Å². The van der Waals surface area contributed by atoms with E-state index in [1.54, 1.807) is 6.92 Å². The fourth-order valence-corrected chi connectivity index (χ4v) is 4.13. The van der Waals surface area contributed by atoms with Crippen LogP contribution in [0.15, 0.2) is 35.5 Å². The first-order chi connectivity index (χ1) is 13.0. The Hall–Kier alpha value is -2.34. The maximum Gasteiger partial charge on any atom is 0.337 e. The Bertz CT molecular complexity index is 744. The van der Waals surface area contributed by atoms with Crippen LogP contribution in [0, 0.1) is 0 Å². The third-order valence-corrected chi connectivity index (χ3v) is 5.42. The number of aryl methyl sites for hydroxylation is 1. The van der Waals surface area contributed by atoms with Crippen molar-refractivity contribution in [3.63, 3.8) is 0 Å². The van der Waals surface area contributed by atoms with Crippen LogP contribution in [0.4, 0.5) is 4.79 Å². The molecule has 1 aromatic carbocycles. The van der Waals surface area contributed by atoms with Gasteiger partial charge in [-0.3, -0.25) is 4.90 Å². The summed E-state index contributed by atoms with van der Waals surface area (Å²) >= 11 is 0. The maximum atomic E-state index is 12.6. The SMILES string of the molecule is CCOC(=O)C1=C(CN(C)C2CCCc3ccccc32)NC(=O)NC1CC. The Morgan fingerprint density at radius 2 is 2.07 bits per heavy atom. The van der Waals surface area contributed by atoms with E-state index < -0.39 is 0 Å². The fraction of sp³-hybridized carbons (Fsp3) is 0.524. The van der Waals surface area contributed by atoms with Gasteiger partial charge in [0, 0.05) is 18.3 Å². The molecule has 27 heavy (non-hydrogen) atoms. The minimum Gasteiger partial charge on any atom is -0.463 e. The highest BCUT2D eigenvalue weighted by atomic mass is 16.5. The second-order valence-electron chi connectivity index (χ2n) is 7.19. The van der Waals surface area contributed by atoms with Crippen molar-refractivity contribution in [3.8, 4) is 0 Å². The van der Waals surface area contributed by atoms with Crippen LogP contribution in [0.25, 0.3) is 0 Å². The summed E-state index contributed by atoms with van der Waals surface area (Å²) in [5.74, 6) is -0.357. The lowest BCUT2D eigenvalue weighted by Gasteiger charge is -2.36. The molecule has 2 atom stereocenters. The number of likely N-dealkylation sites (N-methyl/N-ethyl adjacent to an activating group) is 1. The van der Waals surface area contributed by atoms with Crippen molar-refractivity contribution in [1.82, 2.24) is 15.5 Å².